The molecule has 0 aliphatic heterocycles. The minimum Gasteiger partial charge on any atom is -0.345 e. The van der Waals surface area contributed by atoms with Gasteiger partial charge in [0.25, 0.3) is 0 Å². The first-order valence-electron chi connectivity index (χ1n) is 6.65. The smallest absolute Gasteiger partial charge is 0.248 e. The van der Waals surface area contributed by atoms with E-state index in [1.807, 2.05) is 31.5 Å². The zero-order chi connectivity index (χ0) is 14.5. The quantitative estimate of drug-likeness (QED) is 0.867. The van der Waals surface area contributed by atoms with E-state index in [4.69, 9.17) is 4.52 Å². The van der Waals surface area contributed by atoms with Crippen LogP contribution in [-0.4, -0.2) is 25.6 Å². The van der Waals surface area contributed by atoms with E-state index in [2.05, 4.69) is 20.4 Å². The molecule has 0 radical (unpaired) electrons. The molecule has 1 unspecified atom stereocenters. The molecular formula is C13H19N5O2. The van der Waals surface area contributed by atoms with Crippen molar-refractivity contribution in [2.24, 2.45) is 0 Å². The van der Waals surface area contributed by atoms with E-state index in [0.717, 1.165) is 0 Å². The second-order valence-corrected chi connectivity index (χ2v) is 4.99. The Labute approximate surface area is 117 Å². The number of aryl methyl sites for hydroxylation is 1. The van der Waals surface area contributed by atoms with Crippen molar-refractivity contribution >= 4 is 5.91 Å². The third kappa shape index (κ3) is 3.66. The van der Waals surface area contributed by atoms with Gasteiger partial charge in [0.2, 0.25) is 11.8 Å². The molecule has 1 N–H and O–H groups in total. The van der Waals surface area contributed by atoms with Crippen molar-refractivity contribution in [3.05, 3.63) is 30.4 Å². The van der Waals surface area contributed by atoms with Crippen LogP contribution in [-0.2, 0) is 11.3 Å². The second kappa shape index (κ2) is 6.31. The first-order valence-corrected chi connectivity index (χ1v) is 6.65. The summed E-state index contributed by atoms with van der Waals surface area (Å²) in [5.41, 5.74) is 0. The molecule has 7 heteroatoms. The largest absolute Gasteiger partial charge is 0.345 e. The summed E-state index contributed by atoms with van der Waals surface area (Å²) in [5, 5.41) is 6.72. The first kappa shape index (κ1) is 14.2. The lowest BCUT2D eigenvalue weighted by atomic mass is 10.2. The Kier molecular flexibility index (Phi) is 4.49. The number of rotatable bonds is 6. The molecule has 7 nitrogen and oxygen atoms in total. The molecule has 0 aromatic carbocycles. The topological polar surface area (TPSA) is 85.8 Å². The van der Waals surface area contributed by atoms with Gasteiger partial charge in [-0.25, -0.2) is 4.98 Å². The number of carbonyl (C=O) groups excluding carboxylic acids is 1. The molecule has 2 aromatic heterocycles. The van der Waals surface area contributed by atoms with Gasteiger partial charge < -0.3 is 14.4 Å². The molecule has 1 amide bonds. The zero-order valence-corrected chi connectivity index (χ0v) is 11.9. The van der Waals surface area contributed by atoms with Crippen molar-refractivity contribution in [2.75, 3.05) is 0 Å². The molecule has 0 aliphatic carbocycles. The van der Waals surface area contributed by atoms with Crippen molar-refractivity contribution in [1.29, 1.82) is 0 Å². The number of hydrogen-bond acceptors (Lipinski definition) is 5. The number of amides is 1. The standard InChI is InChI=1S/C13H19N5O2/c1-9(2)12-16-13(20-17-12)10(3)15-11(19)4-6-18-7-5-14-8-18/h5,7-10H,4,6H2,1-3H3,(H,15,19). The summed E-state index contributed by atoms with van der Waals surface area (Å²) in [4.78, 5) is 20.0. The van der Waals surface area contributed by atoms with E-state index in [-0.39, 0.29) is 17.9 Å². The van der Waals surface area contributed by atoms with E-state index in [1.54, 1.807) is 12.5 Å². The Morgan fingerprint density at radius 3 is 2.85 bits per heavy atom. The van der Waals surface area contributed by atoms with E-state index < -0.39 is 0 Å². The lowest BCUT2D eigenvalue weighted by molar-refractivity contribution is -0.122. The fourth-order valence-electron chi connectivity index (χ4n) is 1.68. The molecular weight excluding hydrogens is 258 g/mol. The summed E-state index contributed by atoms with van der Waals surface area (Å²) in [5.74, 6) is 1.23. The molecule has 0 saturated carbocycles. The molecule has 1 atom stereocenters. The minimum atomic E-state index is -0.287. The van der Waals surface area contributed by atoms with E-state index in [9.17, 15) is 4.79 Å². The van der Waals surface area contributed by atoms with Crippen LogP contribution in [0.2, 0.25) is 0 Å². The van der Waals surface area contributed by atoms with Crippen LogP contribution in [0, 0.1) is 0 Å². The van der Waals surface area contributed by atoms with Crippen LogP contribution in [0.4, 0.5) is 0 Å². The van der Waals surface area contributed by atoms with Gasteiger partial charge in [0, 0.05) is 31.3 Å². The maximum atomic E-state index is 11.8. The fraction of sp³-hybridized carbons (Fsp3) is 0.538. The number of imidazole rings is 1. The molecule has 2 heterocycles. The van der Waals surface area contributed by atoms with Gasteiger partial charge in [-0.2, -0.15) is 4.98 Å². The van der Waals surface area contributed by atoms with Crippen LogP contribution in [0.1, 0.15) is 50.9 Å². The van der Waals surface area contributed by atoms with Crippen molar-refractivity contribution in [3.8, 4) is 0 Å². The van der Waals surface area contributed by atoms with Gasteiger partial charge in [-0.05, 0) is 6.92 Å². The zero-order valence-electron chi connectivity index (χ0n) is 11.9. The highest BCUT2D eigenvalue weighted by atomic mass is 16.5. The summed E-state index contributed by atoms with van der Waals surface area (Å²) in [6.07, 6.45) is 5.57. The molecule has 0 aliphatic rings. The number of hydrogen-bond donors (Lipinski definition) is 1. The monoisotopic (exact) mass is 277 g/mol. The molecule has 0 spiro atoms. The summed E-state index contributed by atoms with van der Waals surface area (Å²) in [6.45, 7) is 6.40. The Balaban J connectivity index is 1.83. The number of nitrogens with zero attached hydrogens (tertiary/aromatic N) is 4. The van der Waals surface area contributed by atoms with Crippen LogP contribution in [0.25, 0.3) is 0 Å². The van der Waals surface area contributed by atoms with Crippen LogP contribution in [0.5, 0.6) is 0 Å². The molecule has 0 saturated heterocycles. The van der Waals surface area contributed by atoms with Gasteiger partial charge in [-0.15, -0.1) is 0 Å². The highest BCUT2D eigenvalue weighted by Gasteiger charge is 2.17. The minimum absolute atomic E-state index is 0.0597. The van der Waals surface area contributed by atoms with Crippen LogP contribution >= 0.6 is 0 Å². The van der Waals surface area contributed by atoms with Gasteiger partial charge in [0.1, 0.15) is 6.04 Å². The summed E-state index contributed by atoms with van der Waals surface area (Å²) in [7, 11) is 0. The molecule has 2 aromatic rings. The molecule has 0 fully saturated rings. The number of carbonyl (C=O) groups is 1. The highest BCUT2D eigenvalue weighted by Crippen LogP contribution is 2.14. The van der Waals surface area contributed by atoms with Crippen molar-refractivity contribution in [3.63, 3.8) is 0 Å². The Bertz CT molecular complexity index is 547. The Morgan fingerprint density at radius 1 is 1.45 bits per heavy atom. The normalized spacial score (nSPS) is 12.6. The number of nitrogens with one attached hydrogen (secondary N) is 1. The predicted molar refractivity (Wildman–Crippen MR) is 71.8 cm³/mol. The summed E-state index contributed by atoms with van der Waals surface area (Å²) < 4.78 is 7.00. The van der Waals surface area contributed by atoms with Crippen LogP contribution in [0.3, 0.4) is 0 Å². The number of aromatic nitrogens is 4. The highest BCUT2D eigenvalue weighted by molar-refractivity contribution is 5.76. The fourth-order valence-corrected chi connectivity index (χ4v) is 1.68. The van der Waals surface area contributed by atoms with Crippen molar-refractivity contribution < 1.29 is 9.32 Å². The molecule has 2 rings (SSSR count). The maximum absolute atomic E-state index is 11.8. The van der Waals surface area contributed by atoms with Gasteiger partial charge in [0.05, 0.1) is 6.33 Å². The van der Waals surface area contributed by atoms with Crippen molar-refractivity contribution in [2.45, 2.75) is 45.7 Å². The van der Waals surface area contributed by atoms with Crippen LogP contribution < -0.4 is 5.32 Å². The van der Waals surface area contributed by atoms with Crippen LogP contribution in [0.15, 0.2) is 23.2 Å². The lowest BCUT2D eigenvalue weighted by Crippen LogP contribution is -2.27. The van der Waals surface area contributed by atoms with Crippen molar-refractivity contribution in [1.82, 2.24) is 25.0 Å². The predicted octanol–water partition coefficient (Wildman–Crippen LogP) is 1.66. The van der Waals surface area contributed by atoms with E-state index >= 15 is 0 Å². The third-order valence-electron chi connectivity index (χ3n) is 2.88. The van der Waals surface area contributed by atoms with E-state index in [1.165, 1.54) is 0 Å². The second-order valence-electron chi connectivity index (χ2n) is 4.99. The molecule has 108 valence electrons. The SMILES string of the molecule is CC(C)c1noc(C(C)NC(=O)CCn2ccnc2)n1. The Hall–Kier alpha value is -2.18. The lowest BCUT2D eigenvalue weighted by Gasteiger charge is -2.09. The first-order chi connectivity index (χ1) is 9.56. The van der Waals surface area contributed by atoms with Gasteiger partial charge in [-0.3, -0.25) is 4.79 Å². The maximum Gasteiger partial charge on any atom is 0.248 e. The summed E-state index contributed by atoms with van der Waals surface area (Å²) in [6, 6.07) is -0.287. The molecule has 20 heavy (non-hydrogen) atoms. The Morgan fingerprint density at radius 2 is 2.25 bits per heavy atom. The van der Waals surface area contributed by atoms with Gasteiger partial charge in [0.15, 0.2) is 5.82 Å². The van der Waals surface area contributed by atoms with Gasteiger partial charge >= 0.3 is 0 Å². The molecule has 0 bridgehead atoms. The average Bonchev–Trinajstić information content (AvgIpc) is 3.07. The van der Waals surface area contributed by atoms with Gasteiger partial charge in [-0.1, -0.05) is 19.0 Å². The average molecular weight is 277 g/mol. The third-order valence-corrected chi connectivity index (χ3v) is 2.88. The van der Waals surface area contributed by atoms with E-state index in [0.29, 0.717) is 24.7 Å². The summed E-state index contributed by atoms with van der Waals surface area (Å²) >= 11 is 0.